The van der Waals surface area contributed by atoms with Crippen LogP contribution in [0.4, 0.5) is 0 Å². The van der Waals surface area contributed by atoms with Gasteiger partial charge >= 0.3 is 0 Å². The molecule has 188 valence electrons. The third-order valence-corrected chi connectivity index (χ3v) is 5.58. The highest BCUT2D eigenvalue weighted by Gasteiger charge is 2.46. The number of ketones is 1. The molecule has 0 bridgehead atoms. The molecule has 0 spiro atoms. The van der Waals surface area contributed by atoms with E-state index in [1.807, 2.05) is 13.8 Å². The van der Waals surface area contributed by atoms with Crippen molar-refractivity contribution in [1.29, 1.82) is 0 Å². The number of rotatable bonds is 10. The monoisotopic (exact) mass is 485 g/mol. The first-order chi connectivity index (χ1) is 16.8. The Morgan fingerprint density at radius 1 is 0.971 bits per heavy atom. The smallest absolute Gasteiger partial charge is 0.295 e. The summed E-state index contributed by atoms with van der Waals surface area (Å²) in [6, 6.07) is 9.10. The summed E-state index contributed by atoms with van der Waals surface area (Å²) >= 11 is 0. The van der Waals surface area contributed by atoms with Crippen LogP contribution in [0.15, 0.2) is 42.0 Å². The predicted octanol–water partition coefficient (Wildman–Crippen LogP) is 3.57. The fourth-order valence-electron chi connectivity index (χ4n) is 4.03. The van der Waals surface area contributed by atoms with Crippen LogP contribution in [0.2, 0.25) is 0 Å². The summed E-state index contributed by atoms with van der Waals surface area (Å²) in [6.07, 6.45) is -0.0133. The maximum Gasteiger partial charge on any atom is 0.295 e. The van der Waals surface area contributed by atoms with Gasteiger partial charge in [-0.3, -0.25) is 9.59 Å². The van der Waals surface area contributed by atoms with Crippen LogP contribution in [-0.4, -0.2) is 69.4 Å². The molecule has 1 saturated heterocycles. The lowest BCUT2D eigenvalue weighted by atomic mass is 9.94. The van der Waals surface area contributed by atoms with Crippen molar-refractivity contribution in [2.24, 2.45) is 0 Å². The van der Waals surface area contributed by atoms with Gasteiger partial charge in [0.15, 0.2) is 11.5 Å². The van der Waals surface area contributed by atoms with Crippen molar-refractivity contribution in [2.75, 3.05) is 41.6 Å². The number of carbonyl (C=O) groups excluding carboxylic acids is 2. The van der Waals surface area contributed by atoms with Gasteiger partial charge in [0.1, 0.15) is 11.5 Å². The zero-order chi connectivity index (χ0) is 25.7. The Balaban J connectivity index is 2.19. The average Bonchev–Trinajstić information content (AvgIpc) is 3.10. The molecule has 1 amide bonds. The summed E-state index contributed by atoms with van der Waals surface area (Å²) in [4.78, 5) is 27.5. The second-order valence-electron chi connectivity index (χ2n) is 8.13. The molecule has 0 aliphatic carbocycles. The van der Waals surface area contributed by atoms with Crippen LogP contribution in [-0.2, 0) is 14.3 Å². The van der Waals surface area contributed by atoms with Crippen LogP contribution in [0, 0.1) is 0 Å². The normalized spacial score (nSPS) is 17.1. The SMILES string of the molecule is COCCN1C(=O)C(=O)/C(=C(\O)c2ccc(OC(C)C)cc2)C1c1cc(OC)c(OC)c(OC)c1. The molecular weight excluding hydrogens is 454 g/mol. The van der Waals surface area contributed by atoms with Gasteiger partial charge in [0, 0.05) is 19.2 Å². The van der Waals surface area contributed by atoms with Crippen LogP contribution in [0.5, 0.6) is 23.0 Å². The first-order valence-corrected chi connectivity index (χ1v) is 11.1. The van der Waals surface area contributed by atoms with E-state index in [4.69, 9.17) is 23.7 Å². The molecule has 9 heteroatoms. The van der Waals surface area contributed by atoms with Crippen LogP contribution < -0.4 is 18.9 Å². The number of methoxy groups -OCH3 is 4. The van der Waals surface area contributed by atoms with E-state index >= 15 is 0 Å². The number of amides is 1. The number of carbonyl (C=O) groups is 2. The van der Waals surface area contributed by atoms with E-state index in [1.54, 1.807) is 36.4 Å². The van der Waals surface area contributed by atoms with Gasteiger partial charge in [0.05, 0.1) is 45.7 Å². The molecule has 1 N–H and O–H groups in total. The van der Waals surface area contributed by atoms with Crippen molar-refractivity contribution in [3.05, 3.63) is 53.1 Å². The lowest BCUT2D eigenvalue weighted by Crippen LogP contribution is -2.32. The third kappa shape index (κ3) is 5.19. The van der Waals surface area contributed by atoms with Crippen LogP contribution in [0.3, 0.4) is 0 Å². The van der Waals surface area contributed by atoms with Gasteiger partial charge in [-0.1, -0.05) is 0 Å². The highest BCUT2D eigenvalue weighted by molar-refractivity contribution is 6.46. The van der Waals surface area contributed by atoms with Gasteiger partial charge in [-0.15, -0.1) is 0 Å². The maximum atomic E-state index is 13.2. The summed E-state index contributed by atoms with van der Waals surface area (Å²) in [7, 11) is 5.94. The summed E-state index contributed by atoms with van der Waals surface area (Å²) < 4.78 is 27.1. The van der Waals surface area contributed by atoms with Crippen molar-refractivity contribution in [3.8, 4) is 23.0 Å². The van der Waals surface area contributed by atoms with Crippen molar-refractivity contribution in [3.63, 3.8) is 0 Å². The zero-order valence-corrected chi connectivity index (χ0v) is 20.8. The van der Waals surface area contributed by atoms with E-state index in [2.05, 4.69) is 0 Å². The van der Waals surface area contributed by atoms with E-state index in [1.165, 1.54) is 33.3 Å². The minimum atomic E-state index is -0.898. The number of aliphatic hydroxyl groups excluding tert-OH is 1. The number of aliphatic hydroxyl groups is 1. The van der Waals surface area contributed by atoms with E-state index < -0.39 is 17.7 Å². The molecule has 2 aromatic carbocycles. The number of likely N-dealkylation sites (tertiary alicyclic amines) is 1. The molecule has 0 saturated carbocycles. The summed E-state index contributed by atoms with van der Waals surface area (Å²) in [6.45, 7) is 4.16. The molecule has 1 heterocycles. The van der Waals surface area contributed by atoms with Gasteiger partial charge < -0.3 is 33.7 Å². The second-order valence-corrected chi connectivity index (χ2v) is 8.13. The van der Waals surface area contributed by atoms with E-state index in [-0.39, 0.29) is 30.6 Å². The molecule has 1 aliphatic rings. The highest BCUT2D eigenvalue weighted by Crippen LogP contribution is 2.45. The number of ether oxygens (including phenoxy) is 5. The number of hydrogen-bond donors (Lipinski definition) is 1. The van der Waals surface area contributed by atoms with Crippen molar-refractivity contribution in [2.45, 2.75) is 26.0 Å². The van der Waals surface area contributed by atoms with Gasteiger partial charge in [0.2, 0.25) is 5.75 Å². The number of nitrogens with zero attached hydrogens (tertiary/aromatic N) is 1. The van der Waals surface area contributed by atoms with Gasteiger partial charge in [0.25, 0.3) is 11.7 Å². The summed E-state index contributed by atoms with van der Waals surface area (Å²) in [5.74, 6) is -0.115. The molecule has 1 unspecified atom stereocenters. The first-order valence-electron chi connectivity index (χ1n) is 11.1. The second kappa shape index (κ2) is 11.1. The highest BCUT2D eigenvalue weighted by atomic mass is 16.5. The Morgan fingerprint density at radius 3 is 2.06 bits per heavy atom. The Morgan fingerprint density at radius 2 is 1.57 bits per heavy atom. The van der Waals surface area contributed by atoms with Crippen LogP contribution in [0.25, 0.3) is 5.76 Å². The molecule has 3 rings (SSSR count). The zero-order valence-electron chi connectivity index (χ0n) is 20.8. The lowest BCUT2D eigenvalue weighted by Gasteiger charge is -2.26. The topological polar surface area (TPSA) is 104 Å². The predicted molar refractivity (Wildman–Crippen MR) is 129 cm³/mol. The van der Waals surface area contributed by atoms with E-state index in [9.17, 15) is 14.7 Å². The molecule has 9 nitrogen and oxygen atoms in total. The third-order valence-electron chi connectivity index (χ3n) is 5.58. The van der Waals surface area contributed by atoms with Gasteiger partial charge in [-0.2, -0.15) is 0 Å². The summed E-state index contributed by atoms with van der Waals surface area (Å²) in [5.41, 5.74) is 0.845. The Labute approximate surface area is 204 Å². The number of Topliss-reactive ketones (excluding diaryl/α,β-unsaturated/α-hetero) is 1. The minimum absolute atomic E-state index is 0.0133. The fourth-order valence-corrected chi connectivity index (χ4v) is 4.03. The van der Waals surface area contributed by atoms with Gasteiger partial charge in [-0.05, 0) is 55.8 Å². The van der Waals surface area contributed by atoms with E-state index in [0.29, 0.717) is 34.1 Å². The Kier molecular flexibility index (Phi) is 8.24. The fraction of sp³-hybridized carbons (Fsp3) is 0.385. The summed E-state index contributed by atoms with van der Waals surface area (Å²) in [5, 5.41) is 11.2. The van der Waals surface area contributed by atoms with Crippen molar-refractivity contribution < 1.29 is 38.4 Å². The molecule has 1 aliphatic heterocycles. The number of hydrogen-bond acceptors (Lipinski definition) is 8. The molecule has 2 aromatic rings. The van der Waals surface area contributed by atoms with Gasteiger partial charge in [-0.25, -0.2) is 0 Å². The Hall–Kier alpha value is -3.72. The van der Waals surface area contributed by atoms with E-state index in [0.717, 1.165) is 0 Å². The van der Waals surface area contributed by atoms with Crippen LogP contribution in [0.1, 0.15) is 31.0 Å². The molecule has 1 fully saturated rings. The van der Waals surface area contributed by atoms with Crippen LogP contribution >= 0.6 is 0 Å². The maximum absolute atomic E-state index is 13.2. The first kappa shape index (κ1) is 25.9. The lowest BCUT2D eigenvalue weighted by molar-refractivity contribution is -0.140. The molecule has 0 radical (unpaired) electrons. The quantitative estimate of drug-likeness (QED) is 0.310. The largest absolute Gasteiger partial charge is 0.507 e. The number of benzene rings is 2. The molecular formula is C26H31NO8. The Bertz CT molecular complexity index is 1080. The minimum Gasteiger partial charge on any atom is -0.507 e. The molecule has 0 aromatic heterocycles. The molecule has 1 atom stereocenters. The molecule has 35 heavy (non-hydrogen) atoms. The standard InChI is InChI=1S/C26H31NO8/c1-15(2)35-18-9-7-16(8-10-18)23(28)21-22(27(11-12-31-3)26(30)24(21)29)17-13-19(32-4)25(34-6)20(14-17)33-5/h7-10,13-15,22,28H,11-12H2,1-6H3/b23-21-. The van der Waals surface area contributed by atoms with Crippen molar-refractivity contribution in [1.82, 2.24) is 4.90 Å². The van der Waals surface area contributed by atoms with Crippen molar-refractivity contribution >= 4 is 17.4 Å². The average molecular weight is 486 g/mol.